The van der Waals surface area contributed by atoms with Crippen LogP contribution in [0.25, 0.3) is 0 Å². The summed E-state index contributed by atoms with van der Waals surface area (Å²) in [7, 11) is 0. The molecule has 1 heterocycles. The highest BCUT2D eigenvalue weighted by atomic mass is 16.5. The molecule has 1 saturated carbocycles. The van der Waals surface area contributed by atoms with E-state index in [2.05, 4.69) is 10.6 Å². The number of amides is 4. The molecule has 1 saturated heterocycles. The molecule has 30 heavy (non-hydrogen) atoms. The Morgan fingerprint density at radius 2 is 1.87 bits per heavy atom. The third kappa shape index (κ3) is 4.98. The lowest BCUT2D eigenvalue weighted by atomic mass is 9.98. The average molecular weight is 415 g/mol. The van der Waals surface area contributed by atoms with Gasteiger partial charge in [-0.15, -0.1) is 0 Å². The van der Waals surface area contributed by atoms with Gasteiger partial charge in [0.05, 0.1) is 0 Å². The summed E-state index contributed by atoms with van der Waals surface area (Å²) in [6.07, 6.45) is 2.61. The van der Waals surface area contributed by atoms with Crippen molar-refractivity contribution >= 4 is 23.8 Å². The molecule has 0 unspecified atom stereocenters. The van der Waals surface area contributed by atoms with Gasteiger partial charge in [-0.2, -0.15) is 0 Å². The van der Waals surface area contributed by atoms with Gasteiger partial charge >= 0.3 is 12.0 Å². The van der Waals surface area contributed by atoms with Crippen LogP contribution in [0.15, 0.2) is 24.3 Å². The Labute approximate surface area is 176 Å². The number of rotatable bonds is 8. The highest BCUT2D eigenvalue weighted by Crippen LogP contribution is 2.35. The monoisotopic (exact) mass is 415 g/mol. The van der Waals surface area contributed by atoms with E-state index in [4.69, 9.17) is 4.74 Å². The second-order valence-electron chi connectivity index (χ2n) is 8.12. The van der Waals surface area contributed by atoms with E-state index in [1.54, 1.807) is 0 Å². The standard InChI is InChI=1S/C22H29N3O5/c1-15-7-9-17(10-8-15)14-23-19(27)16(2)30-18(26)6-5-13-25-20(28)22(24-21(25)29)11-3-4-12-22/h7-10,16H,3-6,11-14H2,1-2H3,(H,23,27)(H,24,29)/t16-/m0/s1. The van der Waals surface area contributed by atoms with Gasteiger partial charge in [0.15, 0.2) is 6.10 Å². The van der Waals surface area contributed by atoms with E-state index in [1.807, 2.05) is 31.2 Å². The quantitative estimate of drug-likeness (QED) is 0.500. The van der Waals surface area contributed by atoms with Crippen LogP contribution in [-0.2, 0) is 25.7 Å². The molecule has 1 spiro atoms. The van der Waals surface area contributed by atoms with Crippen LogP contribution in [-0.4, -0.2) is 46.9 Å². The van der Waals surface area contributed by atoms with E-state index < -0.39 is 17.6 Å². The predicted octanol–water partition coefficient (Wildman–Crippen LogP) is 2.19. The zero-order valence-corrected chi connectivity index (χ0v) is 17.5. The minimum absolute atomic E-state index is 0.0274. The van der Waals surface area contributed by atoms with Gasteiger partial charge in [0, 0.05) is 19.5 Å². The van der Waals surface area contributed by atoms with Gasteiger partial charge in [0.25, 0.3) is 11.8 Å². The highest BCUT2D eigenvalue weighted by molar-refractivity contribution is 6.07. The molecule has 2 fully saturated rings. The molecule has 2 aliphatic rings. The minimum atomic E-state index is -0.915. The van der Waals surface area contributed by atoms with Crippen molar-refractivity contribution in [3.63, 3.8) is 0 Å². The predicted molar refractivity (Wildman–Crippen MR) is 109 cm³/mol. The van der Waals surface area contributed by atoms with Crippen LogP contribution >= 0.6 is 0 Å². The zero-order chi connectivity index (χ0) is 21.7. The maximum Gasteiger partial charge on any atom is 0.325 e. The van der Waals surface area contributed by atoms with E-state index >= 15 is 0 Å². The molecule has 1 aromatic carbocycles. The lowest BCUT2D eigenvalue weighted by Crippen LogP contribution is -2.44. The van der Waals surface area contributed by atoms with Gasteiger partial charge in [0.2, 0.25) is 0 Å². The molecule has 162 valence electrons. The van der Waals surface area contributed by atoms with Crippen LogP contribution in [0.3, 0.4) is 0 Å². The summed E-state index contributed by atoms with van der Waals surface area (Å²) in [6, 6.07) is 7.39. The SMILES string of the molecule is Cc1ccc(CNC(=O)[C@H](C)OC(=O)CCCN2C(=O)NC3(CCCC3)C2=O)cc1. The van der Waals surface area contributed by atoms with Crippen molar-refractivity contribution < 1.29 is 23.9 Å². The van der Waals surface area contributed by atoms with E-state index in [0.29, 0.717) is 25.8 Å². The Hall–Kier alpha value is -2.90. The number of benzene rings is 1. The Bertz CT molecular complexity index is 815. The van der Waals surface area contributed by atoms with Gasteiger partial charge in [-0.25, -0.2) is 4.79 Å². The van der Waals surface area contributed by atoms with Crippen LogP contribution in [0.1, 0.15) is 56.6 Å². The molecule has 1 aromatic rings. The number of imide groups is 1. The molecule has 0 radical (unpaired) electrons. The summed E-state index contributed by atoms with van der Waals surface area (Å²) in [5, 5.41) is 5.56. The summed E-state index contributed by atoms with van der Waals surface area (Å²) >= 11 is 0. The molecule has 2 N–H and O–H groups in total. The maximum atomic E-state index is 12.6. The smallest absolute Gasteiger partial charge is 0.325 e. The number of urea groups is 1. The molecular weight excluding hydrogens is 386 g/mol. The number of hydrogen-bond donors (Lipinski definition) is 2. The van der Waals surface area contributed by atoms with E-state index in [9.17, 15) is 19.2 Å². The molecule has 0 aromatic heterocycles. The largest absolute Gasteiger partial charge is 0.453 e. The normalized spacial score (nSPS) is 18.4. The maximum absolute atomic E-state index is 12.6. The second kappa shape index (κ2) is 9.28. The number of hydrogen-bond acceptors (Lipinski definition) is 5. The van der Waals surface area contributed by atoms with E-state index in [1.165, 1.54) is 11.8 Å². The number of ether oxygens (including phenoxy) is 1. The lowest BCUT2D eigenvalue weighted by Gasteiger charge is -2.20. The molecule has 8 heteroatoms. The first-order valence-corrected chi connectivity index (χ1v) is 10.5. The minimum Gasteiger partial charge on any atom is -0.453 e. The first-order chi connectivity index (χ1) is 14.3. The Balaban J connectivity index is 1.37. The molecule has 8 nitrogen and oxygen atoms in total. The van der Waals surface area contributed by atoms with E-state index in [0.717, 1.165) is 24.0 Å². The number of nitrogens with zero attached hydrogens (tertiary/aromatic N) is 1. The first-order valence-electron chi connectivity index (χ1n) is 10.5. The van der Waals surface area contributed by atoms with Crippen LogP contribution < -0.4 is 10.6 Å². The van der Waals surface area contributed by atoms with Crippen LogP contribution in [0.5, 0.6) is 0 Å². The first kappa shape index (κ1) is 21.8. The van der Waals surface area contributed by atoms with E-state index in [-0.39, 0.29) is 30.8 Å². The van der Waals surface area contributed by atoms with Gasteiger partial charge in [-0.1, -0.05) is 42.7 Å². The fraction of sp³-hybridized carbons (Fsp3) is 0.545. The molecule has 3 rings (SSSR count). The van der Waals surface area contributed by atoms with Gasteiger partial charge in [0.1, 0.15) is 5.54 Å². The Morgan fingerprint density at radius 3 is 2.53 bits per heavy atom. The van der Waals surface area contributed by atoms with Crippen molar-refractivity contribution in [1.82, 2.24) is 15.5 Å². The summed E-state index contributed by atoms with van der Waals surface area (Å²) < 4.78 is 5.18. The molecule has 1 aliphatic heterocycles. The van der Waals surface area contributed by atoms with Gasteiger partial charge in [-0.3, -0.25) is 19.3 Å². The number of nitrogens with one attached hydrogen (secondary N) is 2. The summed E-state index contributed by atoms with van der Waals surface area (Å²) in [4.78, 5) is 50.1. The fourth-order valence-corrected chi connectivity index (χ4v) is 3.93. The molecular formula is C22H29N3O5. The molecule has 1 atom stereocenters. The van der Waals surface area contributed by atoms with Crippen LogP contribution in [0, 0.1) is 6.92 Å². The molecule has 1 aliphatic carbocycles. The Kier molecular flexibility index (Phi) is 6.74. The highest BCUT2D eigenvalue weighted by Gasteiger charge is 2.52. The van der Waals surface area contributed by atoms with Crippen molar-refractivity contribution in [3.05, 3.63) is 35.4 Å². The van der Waals surface area contributed by atoms with Crippen LogP contribution in [0.2, 0.25) is 0 Å². The lowest BCUT2D eigenvalue weighted by molar-refractivity contribution is -0.155. The summed E-state index contributed by atoms with van der Waals surface area (Å²) in [5.74, 6) is -1.10. The number of esters is 1. The van der Waals surface area contributed by atoms with Crippen molar-refractivity contribution in [2.75, 3.05) is 6.54 Å². The Morgan fingerprint density at radius 1 is 1.20 bits per heavy atom. The van der Waals surface area contributed by atoms with Gasteiger partial charge in [-0.05, 0) is 38.7 Å². The number of carbonyl (C=O) groups is 4. The van der Waals surface area contributed by atoms with Crippen molar-refractivity contribution in [2.45, 2.75) is 70.6 Å². The average Bonchev–Trinajstić information content (AvgIpc) is 3.27. The molecule has 0 bridgehead atoms. The van der Waals surface area contributed by atoms with Gasteiger partial charge < -0.3 is 15.4 Å². The summed E-state index contributed by atoms with van der Waals surface area (Å²) in [6.45, 7) is 4.02. The van der Waals surface area contributed by atoms with Crippen molar-refractivity contribution in [1.29, 1.82) is 0 Å². The number of carbonyl (C=O) groups excluding carboxylic acids is 4. The zero-order valence-electron chi connectivity index (χ0n) is 17.5. The fourth-order valence-electron chi connectivity index (χ4n) is 3.93. The molecule has 4 amide bonds. The third-order valence-electron chi connectivity index (χ3n) is 5.73. The second-order valence-corrected chi connectivity index (χ2v) is 8.12. The van der Waals surface area contributed by atoms with Crippen molar-refractivity contribution in [3.8, 4) is 0 Å². The van der Waals surface area contributed by atoms with Crippen LogP contribution in [0.4, 0.5) is 4.79 Å². The third-order valence-corrected chi connectivity index (χ3v) is 5.73. The number of aryl methyl sites for hydroxylation is 1. The topological polar surface area (TPSA) is 105 Å². The summed E-state index contributed by atoms with van der Waals surface area (Å²) in [5.41, 5.74) is 1.36. The van der Waals surface area contributed by atoms with Crippen molar-refractivity contribution in [2.24, 2.45) is 0 Å².